The molecule has 0 bridgehead atoms. The minimum atomic E-state index is -0.930. The summed E-state index contributed by atoms with van der Waals surface area (Å²) in [5, 5.41) is 15.0. The van der Waals surface area contributed by atoms with E-state index >= 15 is 0 Å². The van der Waals surface area contributed by atoms with Crippen molar-refractivity contribution in [1.29, 1.82) is 0 Å². The second-order valence-corrected chi connectivity index (χ2v) is 9.92. The van der Waals surface area contributed by atoms with E-state index < -0.39 is 23.1 Å². The average molecular weight is 479 g/mol. The molecule has 2 amide bonds. The average Bonchev–Trinajstić information content (AvgIpc) is 3.49. The summed E-state index contributed by atoms with van der Waals surface area (Å²) in [6.07, 6.45) is 1.68. The summed E-state index contributed by atoms with van der Waals surface area (Å²) in [5.74, 6) is -1.24. The number of alkyl carbamates (subject to hydrolysis) is 1. The van der Waals surface area contributed by atoms with Crippen molar-refractivity contribution in [2.45, 2.75) is 55.5 Å². The molecule has 35 heavy (non-hydrogen) atoms. The number of nitrogens with one attached hydrogen (secondary N) is 2. The molecule has 3 N–H and O–H groups in total. The molecule has 184 valence electrons. The second kappa shape index (κ2) is 9.34. The Labute approximate surface area is 204 Å². The molecular formula is C27H30N2O6. The highest BCUT2D eigenvalue weighted by molar-refractivity contribution is 5.81. The summed E-state index contributed by atoms with van der Waals surface area (Å²) < 4.78 is 11.2. The largest absolute Gasteiger partial charge is 0.481 e. The number of hydrogen-bond donors (Lipinski definition) is 3. The van der Waals surface area contributed by atoms with Crippen molar-refractivity contribution in [1.82, 2.24) is 10.6 Å². The highest BCUT2D eigenvalue weighted by atomic mass is 16.5. The van der Waals surface area contributed by atoms with E-state index in [1.54, 1.807) is 0 Å². The van der Waals surface area contributed by atoms with Crippen LogP contribution in [0, 0.1) is 0 Å². The van der Waals surface area contributed by atoms with Crippen LogP contribution in [0.4, 0.5) is 4.79 Å². The molecule has 0 spiro atoms. The lowest BCUT2D eigenvalue weighted by atomic mass is 9.86. The molecule has 1 heterocycles. The highest BCUT2D eigenvalue weighted by Gasteiger charge is 2.47. The molecule has 5 rings (SSSR count). The molecule has 3 aliphatic rings. The number of carbonyl (C=O) groups excluding carboxylic acids is 2. The van der Waals surface area contributed by atoms with Crippen LogP contribution in [-0.2, 0) is 19.1 Å². The lowest BCUT2D eigenvalue weighted by Crippen LogP contribution is -2.55. The van der Waals surface area contributed by atoms with Crippen molar-refractivity contribution in [2.75, 3.05) is 19.8 Å². The van der Waals surface area contributed by atoms with Gasteiger partial charge in [0.05, 0.1) is 17.5 Å². The predicted molar refractivity (Wildman–Crippen MR) is 128 cm³/mol. The van der Waals surface area contributed by atoms with Crippen molar-refractivity contribution in [3.63, 3.8) is 0 Å². The van der Waals surface area contributed by atoms with Crippen molar-refractivity contribution in [2.24, 2.45) is 0 Å². The molecule has 2 aromatic carbocycles. The lowest BCUT2D eigenvalue weighted by molar-refractivity contribution is -0.138. The fourth-order valence-electron chi connectivity index (χ4n) is 5.39. The van der Waals surface area contributed by atoms with E-state index in [4.69, 9.17) is 14.6 Å². The van der Waals surface area contributed by atoms with Gasteiger partial charge in [0.25, 0.3) is 0 Å². The maximum atomic E-state index is 12.9. The van der Waals surface area contributed by atoms with Crippen LogP contribution in [0.2, 0.25) is 0 Å². The van der Waals surface area contributed by atoms with Gasteiger partial charge in [-0.3, -0.25) is 9.59 Å². The molecule has 0 radical (unpaired) electrons. The Kier molecular flexibility index (Phi) is 6.23. The zero-order valence-electron chi connectivity index (χ0n) is 19.5. The topological polar surface area (TPSA) is 114 Å². The van der Waals surface area contributed by atoms with E-state index in [2.05, 4.69) is 34.9 Å². The number of benzene rings is 2. The molecule has 2 fully saturated rings. The number of fused-ring (bicyclic) bond motifs is 3. The van der Waals surface area contributed by atoms with Gasteiger partial charge in [-0.05, 0) is 47.9 Å². The minimum absolute atomic E-state index is 0.0483. The summed E-state index contributed by atoms with van der Waals surface area (Å²) >= 11 is 0. The fourth-order valence-corrected chi connectivity index (χ4v) is 5.39. The third kappa shape index (κ3) is 5.03. The highest BCUT2D eigenvalue weighted by Crippen LogP contribution is 2.44. The number of carboxylic acid groups (broad SMARTS) is 1. The molecule has 0 atom stereocenters. The van der Waals surface area contributed by atoms with Gasteiger partial charge in [0.2, 0.25) is 5.91 Å². The molecule has 8 nitrogen and oxygen atoms in total. The third-order valence-electron chi connectivity index (χ3n) is 7.41. The minimum Gasteiger partial charge on any atom is -0.481 e. The van der Waals surface area contributed by atoms with Gasteiger partial charge in [-0.2, -0.15) is 0 Å². The normalized spacial score (nSPS) is 19.2. The van der Waals surface area contributed by atoms with Crippen LogP contribution in [0.1, 0.15) is 55.6 Å². The van der Waals surface area contributed by atoms with E-state index in [9.17, 15) is 14.4 Å². The van der Waals surface area contributed by atoms with Crippen LogP contribution in [0.5, 0.6) is 0 Å². The van der Waals surface area contributed by atoms with Crippen molar-refractivity contribution in [3.05, 3.63) is 59.7 Å². The Morgan fingerprint density at radius 2 is 1.43 bits per heavy atom. The first-order valence-corrected chi connectivity index (χ1v) is 12.1. The quantitative estimate of drug-likeness (QED) is 0.534. The Morgan fingerprint density at radius 3 is 2.00 bits per heavy atom. The van der Waals surface area contributed by atoms with E-state index in [1.165, 1.54) is 0 Å². The second-order valence-electron chi connectivity index (χ2n) is 9.92. The Bertz CT molecular complexity index is 1090. The number of hydrogen-bond acceptors (Lipinski definition) is 5. The van der Waals surface area contributed by atoms with Gasteiger partial charge < -0.3 is 25.2 Å². The zero-order valence-corrected chi connectivity index (χ0v) is 19.5. The van der Waals surface area contributed by atoms with E-state index in [-0.39, 0.29) is 31.3 Å². The Hall–Kier alpha value is -3.39. The van der Waals surface area contributed by atoms with E-state index in [0.717, 1.165) is 22.3 Å². The maximum Gasteiger partial charge on any atom is 0.407 e. The molecule has 0 unspecified atom stereocenters. The SMILES string of the molecule is O=C(O)CC1(NC(=O)CC2(NC(=O)OCC3c4ccccc4-c4ccccc43)CCOCC2)CC1. The first kappa shape index (κ1) is 23.4. The van der Waals surface area contributed by atoms with Crippen LogP contribution >= 0.6 is 0 Å². The standard InChI is InChI=1S/C27H30N2O6/c30-23(28-26(9-10-26)16-24(31)32)15-27(11-13-34-14-12-27)29-25(33)35-17-22-20-7-3-1-5-18(20)19-6-2-4-8-21(19)22/h1-8,22H,9-17H2,(H,28,30)(H,29,33)(H,31,32). The van der Waals surface area contributed by atoms with Crippen LogP contribution in [-0.4, -0.2) is 54.0 Å². The smallest absolute Gasteiger partial charge is 0.407 e. The van der Waals surface area contributed by atoms with E-state index in [1.807, 2.05) is 24.3 Å². The first-order valence-electron chi connectivity index (χ1n) is 12.1. The molecule has 1 saturated carbocycles. The molecule has 2 aromatic rings. The fraction of sp³-hybridized carbons (Fsp3) is 0.444. The lowest BCUT2D eigenvalue weighted by Gasteiger charge is -2.37. The summed E-state index contributed by atoms with van der Waals surface area (Å²) in [7, 11) is 0. The summed E-state index contributed by atoms with van der Waals surface area (Å²) in [6.45, 7) is 1.05. The van der Waals surface area contributed by atoms with Gasteiger partial charge in [0.15, 0.2) is 0 Å². The van der Waals surface area contributed by atoms with Gasteiger partial charge in [0, 0.05) is 25.6 Å². The number of amides is 2. The molecular weight excluding hydrogens is 448 g/mol. The van der Waals surface area contributed by atoms with Crippen LogP contribution in [0.25, 0.3) is 11.1 Å². The monoisotopic (exact) mass is 478 g/mol. The van der Waals surface area contributed by atoms with Gasteiger partial charge in [-0.15, -0.1) is 0 Å². The van der Waals surface area contributed by atoms with Gasteiger partial charge >= 0.3 is 12.1 Å². The van der Waals surface area contributed by atoms with Gasteiger partial charge in [-0.1, -0.05) is 48.5 Å². The number of aliphatic carboxylic acids is 1. The number of ether oxygens (including phenoxy) is 2. The van der Waals surface area contributed by atoms with Crippen molar-refractivity contribution in [3.8, 4) is 11.1 Å². The molecule has 1 aliphatic heterocycles. The zero-order chi connectivity index (χ0) is 24.5. The first-order chi connectivity index (χ1) is 16.9. The summed E-state index contributed by atoms with van der Waals surface area (Å²) in [6, 6.07) is 16.3. The summed E-state index contributed by atoms with van der Waals surface area (Å²) in [5.41, 5.74) is 3.14. The van der Waals surface area contributed by atoms with Crippen molar-refractivity contribution < 1.29 is 29.0 Å². The summed E-state index contributed by atoms with van der Waals surface area (Å²) in [4.78, 5) is 36.9. The van der Waals surface area contributed by atoms with Crippen LogP contribution < -0.4 is 10.6 Å². The third-order valence-corrected chi connectivity index (χ3v) is 7.41. The number of carbonyl (C=O) groups is 3. The van der Waals surface area contributed by atoms with Crippen molar-refractivity contribution >= 4 is 18.0 Å². The Balaban J connectivity index is 1.23. The number of rotatable bonds is 8. The van der Waals surface area contributed by atoms with Crippen LogP contribution in [0.15, 0.2) is 48.5 Å². The predicted octanol–water partition coefficient (Wildman–Crippen LogP) is 3.59. The Morgan fingerprint density at radius 1 is 0.857 bits per heavy atom. The number of carboxylic acids is 1. The molecule has 8 heteroatoms. The van der Waals surface area contributed by atoms with E-state index in [0.29, 0.717) is 38.9 Å². The van der Waals surface area contributed by atoms with Crippen LogP contribution in [0.3, 0.4) is 0 Å². The molecule has 0 aromatic heterocycles. The van der Waals surface area contributed by atoms with Gasteiger partial charge in [-0.25, -0.2) is 4.79 Å². The molecule has 1 saturated heterocycles. The maximum absolute atomic E-state index is 12.9. The van der Waals surface area contributed by atoms with Gasteiger partial charge in [0.1, 0.15) is 6.61 Å². The molecule has 2 aliphatic carbocycles.